The molecule has 0 unspecified atom stereocenters. The Balaban J connectivity index is 1.92. The van der Waals surface area contributed by atoms with Crippen molar-refractivity contribution < 1.29 is 9.53 Å². The summed E-state index contributed by atoms with van der Waals surface area (Å²) in [5, 5.41) is 4.42. The number of hydrogen-bond acceptors (Lipinski definition) is 6. The van der Waals surface area contributed by atoms with Gasteiger partial charge < -0.3 is 4.74 Å². The molecule has 0 bridgehead atoms. The number of rotatable bonds is 7. The number of aryl methyl sites for hydroxylation is 2. The summed E-state index contributed by atoms with van der Waals surface area (Å²) in [6.07, 6.45) is 3.22. The Bertz CT molecular complexity index is 1470. The molecule has 3 heterocycles. The van der Waals surface area contributed by atoms with E-state index in [2.05, 4.69) is 16.1 Å². The van der Waals surface area contributed by atoms with Gasteiger partial charge in [0, 0.05) is 19.3 Å². The monoisotopic (exact) mass is 464 g/mol. The second kappa shape index (κ2) is 9.50. The lowest BCUT2D eigenvalue weighted by Gasteiger charge is -2.10. The second-order valence-corrected chi connectivity index (χ2v) is 8.04. The van der Waals surface area contributed by atoms with Crippen LogP contribution in [-0.4, -0.2) is 41.2 Å². The first kappa shape index (κ1) is 23.2. The summed E-state index contributed by atoms with van der Waals surface area (Å²) in [5.41, 5.74) is 1.93. The SMILES string of the molecule is CCCn1c(=O)c2c(nc(-c3cnn(Cc4cccc(C)c4)c3)n2C(=O)OCC)n(CC)c1=O. The normalized spacial score (nSPS) is 11.3. The van der Waals surface area contributed by atoms with Crippen LogP contribution in [0.2, 0.25) is 0 Å². The Morgan fingerprint density at radius 1 is 1.12 bits per heavy atom. The summed E-state index contributed by atoms with van der Waals surface area (Å²) in [6.45, 7) is 8.59. The molecule has 0 saturated heterocycles. The summed E-state index contributed by atoms with van der Waals surface area (Å²) in [4.78, 5) is 43.8. The van der Waals surface area contributed by atoms with Crippen molar-refractivity contribution in [3.8, 4) is 11.4 Å². The van der Waals surface area contributed by atoms with Gasteiger partial charge in [-0.25, -0.2) is 19.1 Å². The van der Waals surface area contributed by atoms with Gasteiger partial charge in [0.05, 0.1) is 24.9 Å². The number of carbonyl (C=O) groups is 1. The molecule has 4 rings (SSSR count). The number of nitrogens with zero attached hydrogens (tertiary/aromatic N) is 6. The summed E-state index contributed by atoms with van der Waals surface area (Å²) in [7, 11) is 0. The molecule has 34 heavy (non-hydrogen) atoms. The molecule has 4 aromatic rings. The number of fused-ring (bicyclic) bond motifs is 1. The smallest absolute Gasteiger partial charge is 0.420 e. The third-order valence-electron chi connectivity index (χ3n) is 5.56. The summed E-state index contributed by atoms with van der Waals surface area (Å²) < 4.78 is 10.7. The van der Waals surface area contributed by atoms with Crippen molar-refractivity contribution in [2.45, 2.75) is 53.8 Å². The van der Waals surface area contributed by atoms with Crippen molar-refractivity contribution in [1.29, 1.82) is 0 Å². The third-order valence-corrected chi connectivity index (χ3v) is 5.56. The van der Waals surface area contributed by atoms with Crippen LogP contribution in [0.3, 0.4) is 0 Å². The van der Waals surface area contributed by atoms with Crippen LogP contribution in [0.15, 0.2) is 46.2 Å². The fourth-order valence-corrected chi connectivity index (χ4v) is 4.07. The van der Waals surface area contributed by atoms with E-state index >= 15 is 0 Å². The van der Waals surface area contributed by atoms with Crippen molar-refractivity contribution in [3.63, 3.8) is 0 Å². The highest BCUT2D eigenvalue weighted by Crippen LogP contribution is 2.23. The Labute approximate surface area is 196 Å². The van der Waals surface area contributed by atoms with Crippen LogP contribution in [0, 0.1) is 6.92 Å². The number of hydrogen-bond donors (Lipinski definition) is 0. The summed E-state index contributed by atoms with van der Waals surface area (Å²) in [5.74, 6) is 0.205. The van der Waals surface area contributed by atoms with Crippen molar-refractivity contribution >= 4 is 17.3 Å². The van der Waals surface area contributed by atoms with Crippen LogP contribution >= 0.6 is 0 Å². The van der Waals surface area contributed by atoms with E-state index in [0.717, 1.165) is 20.3 Å². The largest absolute Gasteiger partial charge is 0.449 e. The van der Waals surface area contributed by atoms with Crippen molar-refractivity contribution in [1.82, 2.24) is 28.5 Å². The highest BCUT2D eigenvalue weighted by molar-refractivity contribution is 5.90. The molecular weight excluding hydrogens is 436 g/mol. The van der Waals surface area contributed by atoms with Crippen LogP contribution in [0.25, 0.3) is 22.6 Å². The number of aromatic nitrogens is 6. The molecule has 10 heteroatoms. The predicted octanol–water partition coefficient (Wildman–Crippen LogP) is 3.01. The van der Waals surface area contributed by atoms with Gasteiger partial charge in [-0.1, -0.05) is 36.8 Å². The van der Waals surface area contributed by atoms with E-state index in [0.29, 0.717) is 25.1 Å². The maximum Gasteiger partial charge on any atom is 0.420 e. The molecule has 3 aromatic heterocycles. The molecule has 0 N–H and O–H groups in total. The standard InChI is InChI=1S/C24H28N6O4/c1-5-11-29-22(31)19-21(28(6-2)23(29)32)26-20(30(19)24(33)34-7-3)18-13-25-27(15-18)14-17-10-8-9-16(4)12-17/h8-10,12-13,15H,5-7,11,14H2,1-4H3. The minimum absolute atomic E-state index is 0.0229. The molecule has 178 valence electrons. The van der Waals surface area contributed by atoms with Crippen LogP contribution in [-0.2, 0) is 24.4 Å². The number of imidazole rings is 1. The van der Waals surface area contributed by atoms with E-state index in [1.807, 2.05) is 32.0 Å². The molecule has 10 nitrogen and oxygen atoms in total. The lowest BCUT2D eigenvalue weighted by atomic mass is 10.1. The first-order valence-corrected chi connectivity index (χ1v) is 11.4. The zero-order chi connectivity index (χ0) is 24.4. The lowest BCUT2D eigenvalue weighted by molar-refractivity contribution is 0.155. The van der Waals surface area contributed by atoms with E-state index in [1.165, 1.54) is 4.57 Å². The average molecular weight is 465 g/mol. The molecule has 0 atom stereocenters. The van der Waals surface area contributed by atoms with Gasteiger partial charge in [0.15, 0.2) is 17.0 Å². The van der Waals surface area contributed by atoms with Gasteiger partial charge in [0.2, 0.25) is 0 Å². The molecule has 0 aliphatic carbocycles. The third kappa shape index (κ3) is 4.07. The Hall–Kier alpha value is -3.95. The molecule has 0 aliphatic rings. The quantitative estimate of drug-likeness (QED) is 0.416. The van der Waals surface area contributed by atoms with E-state index in [-0.39, 0.29) is 30.1 Å². The molecular formula is C24H28N6O4. The van der Waals surface area contributed by atoms with Gasteiger partial charge >= 0.3 is 11.8 Å². The zero-order valence-electron chi connectivity index (χ0n) is 19.8. The van der Waals surface area contributed by atoms with Gasteiger partial charge in [0.1, 0.15) is 0 Å². The van der Waals surface area contributed by atoms with E-state index in [1.54, 1.807) is 30.9 Å². The van der Waals surface area contributed by atoms with Gasteiger partial charge in [0.25, 0.3) is 5.56 Å². The summed E-state index contributed by atoms with van der Waals surface area (Å²) in [6, 6.07) is 8.10. The topological polar surface area (TPSA) is 106 Å². The predicted molar refractivity (Wildman–Crippen MR) is 128 cm³/mol. The van der Waals surface area contributed by atoms with Crippen molar-refractivity contribution in [2.24, 2.45) is 0 Å². The first-order valence-electron chi connectivity index (χ1n) is 11.4. The Kier molecular flexibility index (Phi) is 6.49. The second-order valence-electron chi connectivity index (χ2n) is 8.04. The van der Waals surface area contributed by atoms with Crippen LogP contribution in [0.1, 0.15) is 38.3 Å². The Morgan fingerprint density at radius 3 is 2.59 bits per heavy atom. The maximum absolute atomic E-state index is 13.3. The molecule has 0 saturated carbocycles. The van der Waals surface area contributed by atoms with Gasteiger partial charge in [-0.05, 0) is 32.8 Å². The molecule has 1 aromatic carbocycles. The maximum atomic E-state index is 13.3. The van der Waals surface area contributed by atoms with Crippen LogP contribution in [0.5, 0.6) is 0 Å². The van der Waals surface area contributed by atoms with Gasteiger partial charge in [-0.3, -0.25) is 18.6 Å². The number of ether oxygens (including phenoxy) is 1. The van der Waals surface area contributed by atoms with Crippen molar-refractivity contribution in [3.05, 3.63) is 68.6 Å². The Morgan fingerprint density at radius 2 is 1.91 bits per heavy atom. The van der Waals surface area contributed by atoms with Crippen LogP contribution < -0.4 is 11.2 Å². The molecule has 0 fully saturated rings. The number of benzene rings is 1. The highest BCUT2D eigenvalue weighted by atomic mass is 16.5. The van der Waals surface area contributed by atoms with Crippen LogP contribution in [0.4, 0.5) is 4.79 Å². The molecule has 0 radical (unpaired) electrons. The summed E-state index contributed by atoms with van der Waals surface area (Å²) >= 11 is 0. The van der Waals surface area contributed by atoms with Gasteiger partial charge in [-0.15, -0.1) is 0 Å². The molecule has 0 spiro atoms. The van der Waals surface area contributed by atoms with Crippen molar-refractivity contribution in [2.75, 3.05) is 6.61 Å². The fourth-order valence-electron chi connectivity index (χ4n) is 4.07. The van der Waals surface area contributed by atoms with E-state index in [4.69, 9.17) is 4.74 Å². The lowest BCUT2D eigenvalue weighted by Crippen LogP contribution is -2.40. The average Bonchev–Trinajstić information content (AvgIpc) is 3.42. The minimum atomic E-state index is -0.729. The highest BCUT2D eigenvalue weighted by Gasteiger charge is 2.26. The zero-order valence-corrected chi connectivity index (χ0v) is 19.8. The molecule has 0 amide bonds. The van der Waals surface area contributed by atoms with E-state index in [9.17, 15) is 14.4 Å². The fraction of sp³-hybridized carbons (Fsp3) is 0.375. The minimum Gasteiger partial charge on any atom is -0.449 e. The van der Waals surface area contributed by atoms with Gasteiger partial charge in [-0.2, -0.15) is 5.10 Å². The first-order chi connectivity index (χ1) is 16.4. The molecule has 0 aliphatic heterocycles. The number of carbonyl (C=O) groups excluding carboxylic acids is 1. The van der Waals surface area contributed by atoms with E-state index < -0.39 is 17.3 Å².